The van der Waals surface area contributed by atoms with Crippen LogP contribution in [-0.4, -0.2) is 58.8 Å². The Morgan fingerprint density at radius 3 is 2.48 bits per heavy atom. The van der Waals surface area contributed by atoms with Gasteiger partial charge in [0.15, 0.2) is 11.4 Å². The monoisotopic (exact) mass is 537 g/mol. The number of fused-ring (bicyclic) bond motifs is 1. The Hall–Kier alpha value is -4.73. The molecule has 0 spiro atoms. The summed E-state index contributed by atoms with van der Waals surface area (Å²) < 4.78 is 17.5. The highest BCUT2D eigenvalue weighted by Crippen LogP contribution is 2.35. The predicted molar refractivity (Wildman–Crippen MR) is 147 cm³/mol. The normalized spacial score (nSPS) is 14.1. The Morgan fingerprint density at radius 2 is 1.75 bits per heavy atom. The molecular weight excluding hydrogens is 509 g/mol. The molecule has 0 aliphatic carbocycles. The van der Waals surface area contributed by atoms with Crippen LogP contribution in [0.3, 0.4) is 0 Å². The van der Waals surface area contributed by atoms with Crippen molar-refractivity contribution in [2.75, 3.05) is 13.1 Å². The smallest absolute Gasteiger partial charge is 0.222 e. The molecule has 5 aromatic rings. The Bertz CT molecular complexity index is 1670. The van der Waals surface area contributed by atoms with Crippen molar-refractivity contribution in [3.05, 3.63) is 90.5 Å². The zero-order chi connectivity index (χ0) is 27.6. The fraction of sp³-hybridized carbons (Fsp3) is 0.267. The van der Waals surface area contributed by atoms with Gasteiger partial charge in [0.05, 0.1) is 36.0 Å². The molecule has 1 amide bonds. The minimum Gasteiger partial charge on any atom is -0.343 e. The molecule has 0 radical (unpaired) electrons. The number of hydrogen-bond acceptors (Lipinski definition) is 6. The summed E-state index contributed by atoms with van der Waals surface area (Å²) in [7, 11) is 0. The van der Waals surface area contributed by atoms with Gasteiger partial charge in [0.25, 0.3) is 0 Å². The number of pyridine rings is 1. The van der Waals surface area contributed by atoms with E-state index in [2.05, 4.69) is 14.5 Å². The summed E-state index contributed by atoms with van der Waals surface area (Å²) >= 11 is 0. The Kier molecular flexibility index (Phi) is 6.90. The van der Waals surface area contributed by atoms with E-state index in [1.54, 1.807) is 47.4 Å². The maximum Gasteiger partial charge on any atom is 0.222 e. The number of halogens is 1. The van der Waals surface area contributed by atoms with E-state index in [0.717, 1.165) is 24.1 Å². The van der Waals surface area contributed by atoms with Gasteiger partial charge in [-0.25, -0.2) is 18.9 Å². The number of rotatable bonds is 7. The number of carbonyl (C=O) groups excluding carboxylic acids is 2. The number of aromatic nitrogens is 6. The molecule has 0 saturated carbocycles. The van der Waals surface area contributed by atoms with Gasteiger partial charge in [0.2, 0.25) is 5.91 Å². The number of likely N-dealkylation sites (tertiary alicyclic amines) is 1. The molecule has 202 valence electrons. The van der Waals surface area contributed by atoms with E-state index in [-0.39, 0.29) is 30.0 Å². The molecule has 1 aromatic carbocycles. The number of amides is 1. The fourth-order valence-electron chi connectivity index (χ4n) is 5.27. The van der Waals surface area contributed by atoms with Gasteiger partial charge in [-0.3, -0.25) is 14.6 Å². The summed E-state index contributed by atoms with van der Waals surface area (Å²) in [5, 5.41) is 4.87. The van der Waals surface area contributed by atoms with Crippen molar-refractivity contribution in [1.29, 1.82) is 0 Å². The lowest BCUT2D eigenvalue weighted by Crippen LogP contribution is -2.38. The van der Waals surface area contributed by atoms with Crippen LogP contribution in [0.25, 0.3) is 28.3 Å². The largest absolute Gasteiger partial charge is 0.343 e. The first-order valence-electron chi connectivity index (χ1n) is 13.4. The van der Waals surface area contributed by atoms with E-state index in [1.807, 2.05) is 30.3 Å². The first-order chi connectivity index (χ1) is 19.5. The number of Topliss-reactive ketones (excluding diaryl/α,β-unsaturated/α-hetero) is 1. The van der Waals surface area contributed by atoms with Crippen LogP contribution >= 0.6 is 0 Å². The van der Waals surface area contributed by atoms with E-state index in [1.165, 1.54) is 12.1 Å². The number of hydrogen-bond donors (Lipinski definition) is 0. The van der Waals surface area contributed by atoms with Crippen molar-refractivity contribution < 1.29 is 14.0 Å². The highest BCUT2D eigenvalue weighted by atomic mass is 19.1. The van der Waals surface area contributed by atoms with Crippen molar-refractivity contribution in [3.63, 3.8) is 0 Å². The molecule has 5 heterocycles. The van der Waals surface area contributed by atoms with Gasteiger partial charge in [-0.15, -0.1) is 0 Å². The van der Waals surface area contributed by atoms with Crippen molar-refractivity contribution in [1.82, 2.24) is 34.0 Å². The molecule has 9 nitrogen and oxygen atoms in total. The lowest BCUT2D eigenvalue weighted by Gasteiger charge is -2.33. The van der Waals surface area contributed by atoms with E-state index >= 15 is 0 Å². The molecule has 4 aromatic heterocycles. The summed E-state index contributed by atoms with van der Waals surface area (Å²) in [4.78, 5) is 40.2. The third-order valence-corrected chi connectivity index (χ3v) is 7.38. The van der Waals surface area contributed by atoms with Crippen LogP contribution < -0.4 is 0 Å². The fourth-order valence-corrected chi connectivity index (χ4v) is 5.27. The lowest BCUT2D eigenvalue weighted by atomic mass is 10.0. The van der Waals surface area contributed by atoms with Crippen LogP contribution in [0.5, 0.6) is 0 Å². The molecule has 0 N–H and O–H groups in total. The average molecular weight is 538 g/mol. The van der Waals surface area contributed by atoms with Gasteiger partial charge < -0.3 is 9.47 Å². The summed E-state index contributed by atoms with van der Waals surface area (Å²) in [6.45, 7) is 3.25. The van der Waals surface area contributed by atoms with Crippen LogP contribution in [0.2, 0.25) is 0 Å². The standard InChI is InChI=1S/C30H28FN7O2/c1-2-28(40)36-15-11-24(12-16-36)37-19-33-29(21-3-5-22(31)6-4-21)30(37)25-7-8-27-34-23(18-38(27)35-25)17-26(39)20-9-13-32-14-10-20/h3-10,13-14,18-19,24H,2,11-12,15-17H2,1H3. The topological polar surface area (TPSA) is 98.3 Å². The van der Waals surface area contributed by atoms with E-state index < -0.39 is 0 Å². The summed E-state index contributed by atoms with van der Waals surface area (Å²) in [6.07, 6.45) is 9.02. The number of piperidine rings is 1. The van der Waals surface area contributed by atoms with Crippen LogP contribution in [-0.2, 0) is 11.2 Å². The van der Waals surface area contributed by atoms with Crippen molar-refractivity contribution >= 4 is 17.3 Å². The molecule has 1 saturated heterocycles. The second kappa shape index (κ2) is 10.8. The molecule has 40 heavy (non-hydrogen) atoms. The quantitative estimate of drug-likeness (QED) is 0.277. The first kappa shape index (κ1) is 25.5. The number of imidazole rings is 2. The molecule has 0 unspecified atom stereocenters. The zero-order valence-corrected chi connectivity index (χ0v) is 22.1. The highest BCUT2D eigenvalue weighted by Gasteiger charge is 2.27. The predicted octanol–water partition coefficient (Wildman–Crippen LogP) is 4.79. The Balaban J connectivity index is 1.35. The van der Waals surface area contributed by atoms with Gasteiger partial charge in [-0.1, -0.05) is 6.92 Å². The number of nitrogens with zero attached hydrogens (tertiary/aromatic N) is 7. The second-order valence-electron chi connectivity index (χ2n) is 9.91. The van der Waals surface area contributed by atoms with E-state index in [4.69, 9.17) is 10.1 Å². The van der Waals surface area contributed by atoms with Crippen molar-refractivity contribution in [3.8, 4) is 22.6 Å². The summed E-state index contributed by atoms with van der Waals surface area (Å²) in [5.41, 5.74) is 4.81. The van der Waals surface area contributed by atoms with E-state index in [0.29, 0.717) is 47.8 Å². The maximum atomic E-state index is 13.7. The summed E-state index contributed by atoms with van der Waals surface area (Å²) in [5.74, 6) is -0.193. The van der Waals surface area contributed by atoms with Crippen molar-refractivity contribution in [2.24, 2.45) is 0 Å². The number of ketones is 1. The molecule has 6 rings (SSSR count). The lowest BCUT2D eigenvalue weighted by molar-refractivity contribution is -0.132. The molecule has 1 aliphatic heterocycles. The van der Waals surface area contributed by atoms with Crippen molar-refractivity contribution in [2.45, 2.75) is 38.6 Å². The molecule has 0 atom stereocenters. The first-order valence-corrected chi connectivity index (χ1v) is 13.4. The average Bonchev–Trinajstić information content (AvgIpc) is 3.61. The van der Waals surface area contributed by atoms with Crippen LogP contribution in [0.1, 0.15) is 48.3 Å². The minimum absolute atomic E-state index is 0.0457. The number of benzene rings is 1. The molecule has 10 heteroatoms. The SMILES string of the molecule is CCC(=O)N1CCC(n2cnc(-c3ccc(F)cc3)c2-c2ccc3nc(CC(=O)c4ccncc4)cn3n2)CC1. The molecule has 1 aliphatic rings. The highest BCUT2D eigenvalue weighted by molar-refractivity contribution is 5.97. The number of carbonyl (C=O) groups is 2. The van der Waals surface area contributed by atoms with Gasteiger partial charge in [0, 0.05) is 49.1 Å². The Morgan fingerprint density at radius 1 is 1.00 bits per heavy atom. The van der Waals surface area contributed by atoms with Gasteiger partial charge in [-0.2, -0.15) is 5.10 Å². The molecular formula is C30H28FN7O2. The maximum absolute atomic E-state index is 13.7. The zero-order valence-electron chi connectivity index (χ0n) is 22.1. The van der Waals surface area contributed by atoms with Crippen LogP contribution in [0.15, 0.2) is 73.4 Å². The van der Waals surface area contributed by atoms with Gasteiger partial charge in [-0.05, 0) is 61.4 Å². The molecule has 1 fully saturated rings. The molecule has 0 bridgehead atoms. The van der Waals surface area contributed by atoms with Crippen LogP contribution in [0.4, 0.5) is 4.39 Å². The third kappa shape index (κ3) is 5.00. The van der Waals surface area contributed by atoms with Gasteiger partial charge in [0.1, 0.15) is 11.5 Å². The summed E-state index contributed by atoms with van der Waals surface area (Å²) in [6, 6.07) is 13.6. The van der Waals surface area contributed by atoms with Crippen LogP contribution in [0, 0.1) is 5.82 Å². The Labute approximate surface area is 230 Å². The second-order valence-corrected chi connectivity index (χ2v) is 9.91. The van der Waals surface area contributed by atoms with E-state index in [9.17, 15) is 14.0 Å². The van der Waals surface area contributed by atoms with Gasteiger partial charge >= 0.3 is 0 Å². The minimum atomic E-state index is -0.315. The third-order valence-electron chi connectivity index (χ3n) is 7.38.